The number of ether oxygens (including phenoxy) is 1. The van der Waals surface area contributed by atoms with Gasteiger partial charge in [-0.1, -0.05) is 13.8 Å². The summed E-state index contributed by atoms with van der Waals surface area (Å²) in [6, 6.07) is 0. The number of rotatable bonds is 6. The molecule has 2 atom stereocenters. The second kappa shape index (κ2) is 5.19. The molecule has 2 unspecified atom stereocenters. The highest BCUT2D eigenvalue weighted by molar-refractivity contribution is 5.71. The van der Waals surface area contributed by atoms with Crippen molar-refractivity contribution in [2.45, 2.75) is 32.3 Å². The molecular formula is C9H18O4. The summed E-state index contributed by atoms with van der Waals surface area (Å²) < 4.78 is 4.82. The maximum atomic E-state index is 10.8. The number of carboxylic acids is 1. The van der Waals surface area contributed by atoms with Crippen LogP contribution in [0.1, 0.15) is 26.7 Å². The van der Waals surface area contributed by atoms with Gasteiger partial charge in [0.05, 0.1) is 12.5 Å². The van der Waals surface area contributed by atoms with Gasteiger partial charge in [0.1, 0.15) is 5.60 Å². The smallest absolute Gasteiger partial charge is 0.309 e. The summed E-state index contributed by atoms with van der Waals surface area (Å²) in [7, 11) is 1.45. The van der Waals surface area contributed by atoms with Crippen molar-refractivity contribution in [2.24, 2.45) is 5.92 Å². The predicted octanol–water partition coefficient (Wildman–Crippen LogP) is 0.885. The van der Waals surface area contributed by atoms with E-state index < -0.39 is 17.5 Å². The largest absolute Gasteiger partial charge is 0.481 e. The molecule has 0 aromatic carbocycles. The van der Waals surface area contributed by atoms with E-state index in [2.05, 4.69) is 0 Å². The summed E-state index contributed by atoms with van der Waals surface area (Å²) >= 11 is 0. The van der Waals surface area contributed by atoms with Crippen LogP contribution >= 0.6 is 0 Å². The van der Waals surface area contributed by atoms with Crippen LogP contribution < -0.4 is 0 Å². The lowest BCUT2D eigenvalue weighted by Crippen LogP contribution is -2.45. The van der Waals surface area contributed by atoms with Crippen LogP contribution in [0.25, 0.3) is 0 Å². The number of hydrogen-bond acceptors (Lipinski definition) is 3. The highest BCUT2D eigenvalue weighted by Crippen LogP contribution is 2.25. The molecular weight excluding hydrogens is 172 g/mol. The normalized spacial score (nSPS) is 17.8. The molecule has 0 bridgehead atoms. The first-order valence-corrected chi connectivity index (χ1v) is 4.46. The van der Waals surface area contributed by atoms with Gasteiger partial charge in [-0.3, -0.25) is 4.79 Å². The Bertz CT molecular complexity index is 169. The van der Waals surface area contributed by atoms with Gasteiger partial charge in [0.25, 0.3) is 0 Å². The Labute approximate surface area is 78.5 Å². The average molecular weight is 190 g/mol. The molecule has 0 aliphatic heterocycles. The van der Waals surface area contributed by atoms with Crippen LogP contribution in [0.2, 0.25) is 0 Å². The third-order valence-electron chi connectivity index (χ3n) is 2.36. The van der Waals surface area contributed by atoms with Crippen molar-refractivity contribution < 1.29 is 19.7 Å². The summed E-state index contributed by atoms with van der Waals surface area (Å²) in [4.78, 5) is 10.8. The number of aliphatic hydroxyl groups is 1. The molecule has 0 spiro atoms. The van der Waals surface area contributed by atoms with Crippen molar-refractivity contribution in [3.05, 3.63) is 0 Å². The SMILES string of the molecule is CCC(C(=O)O)C(O)(CC)COC. The van der Waals surface area contributed by atoms with Gasteiger partial charge in [-0.15, -0.1) is 0 Å². The monoisotopic (exact) mass is 190 g/mol. The summed E-state index contributed by atoms with van der Waals surface area (Å²) in [5, 5.41) is 18.8. The van der Waals surface area contributed by atoms with E-state index in [4.69, 9.17) is 9.84 Å². The second-order valence-corrected chi connectivity index (χ2v) is 3.19. The lowest BCUT2D eigenvalue weighted by Gasteiger charge is -2.31. The van der Waals surface area contributed by atoms with Gasteiger partial charge in [-0.05, 0) is 12.8 Å². The van der Waals surface area contributed by atoms with Gasteiger partial charge in [0.15, 0.2) is 0 Å². The molecule has 0 heterocycles. The predicted molar refractivity (Wildman–Crippen MR) is 48.5 cm³/mol. The molecule has 0 rings (SSSR count). The molecule has 0 radical (unpaired) electrons. The van der Waals surface area contributed by atoms with Crippen molar-refractivity contribution >= 4 is 5.97 Å². The minimum absolute atomic E-state index is 0.0638. The molecule has 13 heavy (non-hydrogen) atoms. The van der Waals surface area contributed by atoms with E-state index in [1.54, 1.807) is 13.8 Å². The topological polar surface area (TPSA) is 66.8 Å². The fourth-order valence-corrected chi connectivity index (χ4v) is 1.48. The molecule has 0 aliphatic carbocycles. The Morgan fingerprint density at radius 1 is 1.54 bits per heavy atom. The summed E-state index contributed by atoms with van der Waals surface area (Å²) in [5.41, 5.74) is -1.24. The minimum Gasteiger partial charge on any atom is -0.481 e. The highest BCUT2D eigenvalue weighted by Gasteiger charge is 2.38. The van der Waals surface area contributed by atoms with Gasteiger partial charge < -0.3 is 14.9 Å². The van der Waals surface area contributed by atoms with E-state index in [0.29, 0.717) is 12.8 Å². The second-order valence-electron chi connectivity index (χ2n) is 3.19. The van der Waals surface area contributed by atoms with Crippen molar-refractivity contribution in [1.29, 1.82) is 0 Å². The molecule has 0 amide bonds. The van der Waals surface area contributed by atoms with Crippen LogP contribution in [0.5, 0.6) is 0 Å². The van der Waals surface area contributed by atoms with E-state index in [0.717, 1.165) is 0 Å². The van der Waals surface area contributed by atoms with Crippen molar-refractivity contribution in [2.75, 3.05) is 13.7 Å². The first-order chi connectivity index (χ1) is 6.01. The van der Waals surface area contributed by atoms with Crippen molar-refractivity contribution in [3.8, 4) is 0 Å². The Hall–Kier alpha value is -0.610. The third kappa shape index (κ3) is 2.97. The van der Waals surface area contributed by atoms with Gasteiger partial charge in [0, 0.05) is 7.11 Å². The molecule has 2 N–H and O–H groups in total. The average Bonchev–Trinajstić information content (AvgIpc) is 2.05. The zero-order valence-corrected chi connectivity index (χ0v) is 8.41. The molecule has 4 nitrogen and oxygen atoms in total. The molecule has 0 aliphatic rings. The minimum atomic E-state index is -1.24. The van der Waals surface area contributed by atoms with Gasteiger partial charge in [0.2, 0.25) is 0 Å². The first kappa shape index (κ1) is 12.4. The van der Waals surface area contributed by atoms with Crippen LogP contribution in [0.3, 0.4) is 0 Å². The zero-order chi connectivity index (χ0) is 10.5. The van der Waals surface area contributed by atoms with E-state index in [1.807, 2.05) is 0 Å². The Morgan fingerprint density at radius 2 is 2.08 bits per heavy atom. The molecule has 0 saturated carbocycles. The van der Waals surface area contributed by atoms with Gasteiger partial charge in [-0.25, -0.2) is 0 Å². The van der Waals surface area contributed by atoms with Crippen LogP contribution in [0.15, 0.2) is 0 Å². The lowest BCUT2D eigenvalue weighted by atomic mass is 9.84. The number of methoxy groups -OCH3 is 1. The maximum Gasteiger partial charge on any atom is 0.309 e. The third-order valence-corrected chi connectivity index (χ3v) is 2.36. The molecule has 0 aromatic heterocycles. The number of carboxylic acid groups (broad SMARTS) is 1. The van der Waals surface area contributed by atoms with Crippen LogP contribution in [-0.4, -0.2) is 35.5 Å². The summed E-state index contributed by atoms with van der Waals surface area (Å²) in [6.45, 7) is 3.56. The molecule has 4 heteroatoms. The Balaban J connectivity index is 4.58. The van der Waals surface area contributed by atoms with Gasteiger partial charge in [-0.2, -0.15) is 0 Å². The summed E-state index contributed by atoms with van der Waals surface area (Å²) in [6.07, 6.45) is 0.786. The lowest BCUT2D eigenvalue weighted by molar-refractivity contribution is -0.157. The van der Waals surface area contributed by atoms with E-state index in [9.17, 15) is 9.90 Å². The van der Waals surface area contributed by atoms with Crippen LogP contribution in [-0.2, 0) is 9.53 Å². The number of aliphatic carboxylic acids is 1. The fourth-order valence-electron chi connectivity index (χ4n) is 1.48. The number of carbonyl (C=O) groups is 1. The zero-order valence-electron chi connectivity index (χ0n) is 8.41. The van der Waals surface area contributed by atoms with E-state index in [1.165, 1.54) is 7.11 Å². The standard InChI is InChI=1S/C9H18O4/c1-4-7(8(10)11)9(12,5-2)6-13-3/h7,12H,4-6H2,1-3H3,(H,10,11). The Morgan fingerprint density at radius 3 is 2.31 bits per heavy atom. The molecule has 78 valence electrons. The quantitative estimate of drug-likeness (QED) is 0.652. The number of hydrogen-bond donors (Lipinski definition) is 2. The maximum absolute atomic E-state index is 10.8. The van der Waals surface area contributed by atoms with Crippen molar-refractivity contribution in [3.63, 3.8) is 0 Å². The van der Waals surface area contributed by atoms with Crippen molar-refractivity contribution in [1.82, 2.24) is 0 Å². The first-order valence-electron chi connectivity index (χ1n) is 4.46. The molecule has 0 saturated heterocycles. The molecule has 0 aromatic rings. The summed E-state index contributed by atoms with van der Waals surface area (Å²) in [5.74, 6) is -1.72. The van der Waals surface area contributed by atoms with Crippen LogP contribution in [0.4, 0.5) is 0 Å². The van der Waals surface area contributed by atoms with Gasteiger partial charge >= 0.3 is 5.97 Å². The highest BCUT2D eigenvalue weighted by atomic mass is 16.5. The van der Waals surface area contributed by atoms with E-state index >= 15 is 0 Å². The Kier molecular flexibility index (Phi) is 4.95. The van der Waals surface area contributed by atoms with Crippen LogP contribution in [0, 0.1) is 5.92 Å². The van der Waals surface area contributed by atoms with E-state index in [-0.39, 0.29) is 6.61 Å². The molecule has 0 fully saturated rings. The fraction of sp³-hybridized carbons (Fsp3) is 0.889.